The van der Waals surface area contributed by atoms with Crippen molar-refractivity contribution in [3.05, 3.63) is 46.2 Å². The Morgan fingerprint density at radius 2 is 1.75 bits per heavy atom. The highest BCUT2D eigenvalue weighted by Gasteiger charge is 2.31. The molecule has 0 atom stereocenters. The summed E-state index contributed by atoms with van der Waals surface area (Å²) in [5.41, 5.74) is 6.22. The molecular weight excluding hydrogens is 366 g/mol. The van der Waals surface area contributed by atoms with Crippen LogP contribution in [0.4, 0.5) is 24.8 Å². The second kappa shape index (κ2) is 7.67. The molecule has 1 aromatic heterocycles. The Morgan fingerprint density at radius 3 is 2.29 bits per heavy atom. The van der Waals surface area contributed by atoms with Gasteiger partial charge in [-0.15, -0.1) is 12.4 Å². The molecule has 0 aliphatic carbocycles. The van der Waals surface area contributed by atoms with Gasteiger partial charge in [-0.05, 0) is 38.1 Å². The van der Waals surface area contributed by atoms with E-state index in [0.29, 0.717) is 11.4 Å². The van der Waals surface area contributed by atoms with Crippen LogP contribution in [0.1, 0.15) is 17.0 Å². The highest BCUT2D eigenvalue weighted by Crippen LogP contribution is 2.33. The van der Waals surface area contributed by atoms with Gasteiger partial charge in [0.05, 0.1) is 16.3 Å². The lowest BCUT2D eigenvalue weighted by atomic mass is 10.2. The molecule has 130 valence electrons. The van der Waals surface area contributed by atoms with E-state index in [0.717, 1.165) is 18.2 Å². The number of guanidine groups is 1. The monoisotopic (exact) mass is 379 g/mol. The summed E-state index contributed by atoms with van der Waals surface area (Å²) in [6.07, 6.45) is -4.48. The van der Waals surface area contributed by atoms with E-state index in [9.17, 15) is 13.2 Å². The summed E-state index contributed by atoms with van der Waals surface area (Å²) in [6.45, 7) is 3.53. The highest BCUT2D eigenvalue weighted by molar-refractivity contribution is 6.33. The molecule has 0 aliphatic heterocycles. The molecular formula is C14H14Cl2F3N5. The van der Waals surface area contributed by atoms with Crippen LogP contribution in [0.2, 0.25) is 5.02 Å². The van der Waals surface area contributed by atoms with Gasteiger partial charge in [-0.1, -0.05) is 11.6 Å². The number of hydrogen-bond donors (Lipinski definition) is 2. The van der Waals surface area contributed by atoms with Crippen molar-refractivity contribution in [1.29, 1.82) is 0 Å². The van der Waals surface area contributed by atoms with Crippen LogP contribution in [0.3, 0.4) is 0 Å². The minimum Gasteiger partial charge on any atom is -0.369 e. The summed E-state index contributed by atoms with van der Waals surface area (Å²) in [5, 5.41) is 2.61. The Balaban J connectivity index is 0.00000288. The number of aliphatic imine (C=N–C) groups is 1. The van der Waals surface area contributed by atoms with Gasteiger partial charge in [-0.2, -0.15) is 18.2 Å². The van der Waals surface area contributed by atoms with E-state index in [2.05, 4.69) is 20.3 Å². The summed E-state index contributed by atoms with van der Waals surface area (Å²) in [6, 6.07) is 4.63. The maximum atomic E-state index is 12.7. The van der Waals surface area contributed by atoms with Crippen LogP contribution in [0.5, 0.6) is 0 Å². The average Bonchev–Trinajstić information content (AvgIpc) is 2.38. The van der Waals surface area contributed by atoms with Gasteiger partial charge >= 0.3 is 6.18 Å². The number of nitrogens with two attached hydrogens (primary N) is 1. The SMILES string of the molecule is Cc1cc(C)nc(N=C(N)Nc2cc(C(F)(F)F)ccc2Cl)n1.Cl. The molecule has 0 unspecified atom stereocenters. The third-order valence-electron chi connectivity index (χ3n) is 2.75. The summed E-state index contributed by atoms with van der Waals surface area (Å²) < 4.78 is 38.2. The first-order valence-electron chi connectivity index (χ1n) is 6.45. The van der Waals surface area contributed by atoms with Crippen LogP contribution in [0.15, 0.2) is 29.3 Å². The smallest absolute Gasteiger partial charge is 0.369 e. The Morgan fingerprint density at radius 1 is 1.17 bits per heavy atom. The number of alkyl halides is 3. The van der Waals surface area contributed by atoms with Crippen LogP contribution in [0.25, 0.3) is 0 Å². The molecule has 10 heteroatoms. The van der Waals surface area contributed by atoms with Crippen molar-refractivity contribution < 1.29 is 13.2 Å². The number of aryl methyl sites for hydroxylation is 2. The third-order valence-corrected chi connectivity index (χ3v) is 3.08. The zero-order valence-electron chi connectivity index (χ0n) is 12.6. The summed E-state index contributed by atoms with van der Waals surface area (Å²) in [7, 11) is 0. The van der Waals surface area contributed by atoms with Crippen molar-refractivity contribution in [3.63, 3.8) is 0 Å². The minimum atomic E-state index is -4.48. The first kappa shape index (κ1) is 20.0. The fraction of sp³-hybridized carbons (Fsp3) is 0.214. The quantitative estimate of drug-likeness (QED) is 0.604. The van der Waals surface area contributed by atoms with E-state index in [1.165, 1.54) is 0 Å². The molecule has 0 fully saturated rings. The molecule has 2 aromatic rings. The van der Waals surface area contributed by atoms with Gasteiger partial charge in [-0.3, -0.25) is 0 Å². The Kier molecular flexibility index (Phi) is 6.39. The number of halogens is 5. The number of rotatable bonds is 2. The molecule has 2 rings (SSSR count). The van der Waals surface area contributed by atoms with Crippen molar-refractivity contribution in [2.45, 2.75) is 20.0 Å². The van der Waals surface area contributed by atoms with Gasteiger partial charge in [0.15, 0.2) is 0 Å². The lowest BCUT2D eigenvalue weighted by molar-refractivity contribution is -0.137. The van der Waals surface area contributed by atoms with Crippen molar-refractivity contribution in [1.82, 2.24) is 9.97 Å². The zero-order valence-corrected chi connectivity index (χ0v) is 14.2. The second-order valence-corrected chi connectivity index (χ2v) is 5.17. The molecule has 0 aliphatic rings. The van der Waals surface area contributed by atoms with Crippen molar-refractivity contribution in [2.24, 2.45) is 10.7 Å². The molecule has 0 saturated heterocycles. The van der Waals surface area contributed by atoms with Crippen LogP contribution < -0.4 is 11.1 Å². The lowest BCUT2D eigenvalue weighted by Gasteiger charge is -2.11. The van der Waals surface area contributed by atoms with Crippen molar-refractivity contribution in [2.75, 3.05) is 5.32 Å². The number of nitrogens with zero attached hydrogens (tertiary/aromatic N) is 3. The van der Waals surface area contributed by atoms with Crippen LogP contribution in [-0.2, 0) is 6.18 Å². The van der Waals surface area contributed by atoms with Gasteiger partial charge in [0.1, 0.15) is 0 Å². The van der Waals surface area contributed by atoms with E-state index in [-0.39, 0.29) is 35.0 Å². The zero-order chi connectivity index (χ0) is 17.2. The molecule has 24 heavy (non-hydrogen) atoms. The molecule has 5 nitrogen and oxygen atoms in total. The first-order chi connectivity index (χ1) is 10.6. The predicted molar refractivity (Wildman–Crippen MR) is 90.1 cm³/mol. The Hall–Kier alpha value is -2.06. The largest absolute Gasteiger partial charge is 0.416 e. The number of anilines is 1. The minimum absolute atomic E-state index is 0. The van der Waals surface area contributed by atoms with Crippen molar-refractivity contribution in [3.8, 4) is 0 Å². The maximum Gasteiger partial charge on any atom is 0.416 e. The van der Waals surface area contributed by atoms with Crippen LogP contribution >= 0.6 is 24.0 Å². The predicted octanol–water partition coefficient (Wildman–Crippen LogP) is 4.25. The van der Waals surface area contributed by atoms with E-state index in [1.807, 2.05) is 0 Å². The summed E-state index contributed by atoms with van der Waals surface area (Å²) in [5.74, 6) is -0.0631. The lowest BCUT2D eigenvalue weighted by Crippen LogP contribution is -2.22. The standard InChI is InChI=1S/C14H13ClF3N5.ClH/c1-7-5-8(2)21-13(20-7)23-12(19)22-11-6-9(14(16,17)18)3-4-10(11)15;/h3-6H,1-2H3,(H3,19,20,21,22,23);1H. The van der Waals surface area contributed by atoms with E-state index < -0.39 is 11.7 Å². The molecule has 0 amide bonds. The van der Waals surface area contributed by atoms with Gasteiger partial charge in [0.25, 0.3) is 5.95 Å². The van der Waals surface area contributed by atoms with Gasteiger partial charge < -0.3 is 11.1 Å². The number of benzene rings is 1. The van der Waals surface area contributed by atoms with Gasteiger partial charge in [-0.25, -0.2) is 9.97 Å². The summed E-state index contributed by atoms with van der Waals surface area (Å²) in [4.78, 5) is 12.1. The van der Waals surface area contributed by atoms with Crippen LogP contribution in [-0.4, -0.2) is 15.9 Å². The Labute approximate surface area is 147 Å². The highest BCUT2D eigenvalue weighted by atomic mass is 35.5. The van der Waals surface area contributed by atoms with E-state index in [1.54, 1.807) is 19.9 Å². The molecule has 0 radical (unpaired) electrons. The average molecular weight is 380 g/mol. The molecule has 1 heterocycles. The Bertz CT molecular complexity index is 742. The molecule has 0 saturated carbocycles. The number of aromatic nitrogens is 2. The number of hydrogen-bond acceptors (Lipinski definition) is 3. The normalized spacial score (nSPS) is 11.8. The van der Waals surface area contributed by atoms with Gasteiger partial charge in [0.2, 0.25) is 5.96 Å². The summed E-state index contributed by atoms with van der Waals surface area (Å²) >= 11 is 5.87. The topological polar surface area (TPSA) is 76.2 Å². The number of nitrogens with one attached hydrogen (secondary N) is 1. The van der Waals surface area contributed by atoms with E-state index >= 15 is 0 Å². The van der Waals surface area contributed by atoms with Gasteiger partial charge in [0, 0.05) is 11.4 Å². The second-order valence-electron chi connectivity index (χ2n) is 4.77. The molecule has 0 bridgehead atoms. The fourth-order valence-corrected chi connectivity index (χ4v) is 1.99. The van der Waals surface area contributed by atoms with Crippen molar-refractivity contribution >= 4 is 41.6 Å². The maximum absolute atomic E-state index is 12.7. The van der Waals surface area contributed by atoms with Crippen LogP contribution in [0, 0.1) is 13.8 Å². The molecule has 3 N–H and O–H groups in total. The fourth-order valence-electron chi connectivity index (χ4n) is 1.83. The first-order valence-corrected chi connectivity index (χ1v) is 6.83. The third kappa shape index (κ3) is 5.24. The molecule has 1 aromatic carbocycles. The molecule has 0 spiro atoms. The van der Waals surface area contributed by atoms with E-state index in [4.69, 9.17) is 17.3 Å².